The molecule has 28 heavy (non-hydrogen) atoms. The van der Waals surface area contributed by atoms with Gasteiger partial charge in [0.1, 0.15) is 11.4 Å². The fourth-order valence-electron chi connectivity index (χ4n) is 3.10. The van der Waals surface area contributed by atoms with Gasteiger partial charge in [0.15, 0.2) is 0 Å². The molecule has 2 aliphatic heterocycles. The number of β-lactam (4-membered cyclic amide) rings is 1. The smallest absolute Gasteiger partial charge is 0.311 e. The Hall–Kier alpha value is -3.21. The minimum Gasteiger partial charge on any atom is -0.342 e. The predicted molar refractivity (Wildman–Crippen MR) is 98.4 cm³/mol. The van der Waals surface area contributed by atoms with Crippen LogP contribution in [0.15, 0.2) is 36.4 Å². The molecule has 4 amide bonds. The Morgan fingerprint density at radius 2 is 1.75 bits per heavy atom. The van der Waals surface area contributed by atoms with Gasteiger partial charge in [-0.1, -0.05) is 18.7 Å². The summed E-state index contributed by atoms with van der Waals surface area (Å²) >= 11 is 0.671. The number of carbonyl (C=O) groups excluding carboxylic acids is 4. The summed E-state index contributed by atoms with van der Waals surface area (Å²) in [5.74, 6) is -2.37. The molecular weight excluding hydrogens is 388 g/mol. The van der Waals surface area contributed by atoms with E-state index in [0.717, 1.165) is 9.21 Å². The van der Waals surface area contributed by atoms with E-state index in [1.165, 1.54) is 26.0 Å². The standard InChI is InChI=1S/C17H16N4O6S/c1-8(2)13(21(26)27)19-16(25)12(18-9(3)22)17(19)28-20-14(23)10-6-4-5-7-11(10)15(20)24/h4-7,12-13,17H,1H2,2-3H3,(H,18,22). The summed E-state index contributed by atoms with van der Waals surface area (Å²) in [5, 5.41) is 12.8. The lowest BCUT2D eigenvalue weighted by molar-refractivity contribution is -0.538. The molecule has 2 heterocycles. The average Bonchev–Trinajstić information content (AvgIpc) is 2.87. The van der Waals surface area contributed by atoms with Crippen LogP contribution in [-0.2, 0) is 9.59 Å². The number of benzene rings is 1. The fraction of sp³-hybridized carbons (Fsp3) is 0.294. The van der Waals surface area contributed by atoms with Crippen molar-refractivity contribution in [1.29, 1.82) is 0 Å². The van der Waals surface area contributed by atoms with Gasteiger partial charge in [0.25, 0.3) is 17.7 Å². The fourth-order valence-corrected chi connectivity index (χ4v) is 4.33. The summed E-state index contributed by atoms with van der Waals surface area (Å²) < 4.78 is 0.860. The van der Waals surface area contributed by atoms with Crippen LogP contribution in [0.4, 0.5) is 0 Å². The number of likely N-dealkylation sites (tertiary alicyclic amines) is 1. The molecule has 1 fully saturated rings. The number of hydrogen-bond acceptors (Lipinski definition) is 7. The van der Waals surface area contributed by atoms with E-state index in [1.54, 1.807) is 12.1 Å². The number of fused-ring (bicyclic) bond motifs is 1. The van der Waals surface area contributed by atoms with E-state index in [9.17, 15) is 29.3 Å². The summed E-state index contributed by atoms with van der Waals surface area (Å²) in [7, 11) is 0. The number of imide groups is 1. The lowest BCUT2D eigenvalue weighted by Gasteiger charge is -2.47. The molecule has 10 nitrogen and oxygen atoms in total. The van der Waals surface area contributed by atoms with Crippen LogP contribution in [0.3, 0.4) is 0 Å². The number of carbonyl (C=O) groups is 4. The first-order valence-electron chi connectivity index (χ1n) is 8.18. The predicted octanol–water partition coefficient (Wildman–Crippen LogP) is 0.783. The van der Waals surface area contributed by atoms with Crippen LogP contribution in [0.5, 0.6) is 0 Å². The summed E-state index contributed by atoms with van der Waals surface area (Å²) in [6.45, 7) is 6.15. The molecule has 1 aromatic carbocycles. The van der Waals surface area contributed by atoms with Crippen molar-refractivity contribution in [3.63, 3.8) is 0 Å². The zero-order chi connectivity index (χ0) is 20.7. The monoisotopic (exact) mass is 404 g/mol. The molecule has 1 aromatic rings. The Labute approximate surface area is 163 Å². The molecule has 1 saturated heterocycles. The molecule has 1 N–H and O–H groups in total. The van der Waals surface area contributed by atoms with Gasteiger partial charge in [0.2, 0.25) is 5.91 Å². The molecule has 2 aliphatic rings. The summed E-state index contributed by atoms with van der Waals surface area (Å²) in [6, 6.07) is 5.12. The van der Waals surface area contributed by atoms with E-state index in [1.807, 2.05) is 0 Å². The number of hydrogen-bond donors (Lipinski definition) is 1. The molecule has 0 saturated carbocycles. The maximum absolute atomic E-state index is 12.6. The van der Waals surface area contributed by atoms with Gasteiger partial charge in [0.05, 0.1) is 16.1 Å². The molecule has 3 atom stereocenters. The highest BCUT2D eigenvalue weighted by atomic mass is 32.2. The zero-order valence-electron chi connectivity index (χ0n) is 14.9. The van der Waals surface area contributed by atoms with Gasteiger partial charge < -0.3 is 5.32 Å². The van der Waals surface area contributed by atoms with Gasteiger partial charge in [-0.15, -0.1) is 0 Å². The Morgan fingerprint density at radius 1 is 1.21 bits per heavy atom. The average molecular weight is 404 g/mol. The molecule has 11 heteroatoms. The number of amides is 4. The maximum atomic E-state index is 12.6. The second kappa shape index (κ2) is 7.08. The van der Waals surface area contributed by atoms with Crippen molar-refractivity contribution in [3.8, 4) is 0 Å². The van der Waals surface area contributed by atoms with Crippen LogP contribution in [0, 0.1) is 10.1 Å². The van der Waals surface area contributed by atoms with Gasteiger partial charge in [-0.05, 0) is 31.0 Å². The molecular formula is C17H16N4O6S. The Balaban J connectivity index is 1.92. The molecule has 0 bridgehead atoms. The molecule has 0 spiro atoms. The van der Waals surface area contributed by atoms with Crippen molar-refractivity contribution >= 4 is 35.6 Å². The van der Waals surface area contributed by atoms with E-state index in [2.05, 4.69) is 11.9 Å². The maximum Gasteiger partial charge on any atom is 0.311 e. The molecule has 3 rings (SSSR count). The highest BCUT2D eigenvalue weighted by Gasteiger charge is 2.57. The van der Waals surface area contributed by atoms with Gasteiger partial charge in [0, 0.05) is 12.5 Å². The first-order chi connectivity index (χ1) is 13.1. The van der Waals surface area contributed by atoms with Gasteiger partial charge in [-0.2, -0.15) is 0 Å². The summed E-state index contributed by atoms with van der Waals surface area (Å²) in [6.07, 6.45) is -1.54. The van der Waals surface area contributed by atoms with Crippen molar-refractivity contribution in [3.05, 3.63) is 57.7 Å². The topological polar surface area (TPSA) is 130 Å². The van der Waals surface area contributed by atoms with Crippen molar-refractivity contribution in [2.75, 3.05) is 0 Å². The third-order valence-corrected chi connectivity index (χ3v) is 5.57. The lowest BCUT2D eigenvalue weighted by atomic mass is 10.0. The Bertz CT molecular complexity index is 883. The van der Waals surface area contributed by atoms with Crippen LogP contribution < -0.4 is 5.32 Å². The minimum absolute atomic E-state index is 0.104. The van der Waals surface area contributed by atoms with Crippen molar-refractivity contribution in [1.82, 2.24) is 14.5 Å². The highest BCUT2D eigenvalue weighted by Crippen LogP contribution is 2.39. The largest absolute Gasteiger partial charge is 0.342 e. The van der Waals surface area contributed by atoms with E-state index in [4.69, 9.17) is 0 Å². The first-order valence-corrected chi connectivity index (χ1v) is 9.01. The highest BCUT2D eigenvalue weighted by molar-refractivity contribution is 7.98. The van der Waals surface area contributed by atoms with Crippen LogP contribution in [0.1, 0.15) is 34.6 Å². The number of rotatable bonds is 6. The minimum atomic E-state index is -1.54. The summed E-state index contributed by atoms with van der Waals surface area (Å²) in [4.78, 5) is 60.8. The first kappa shape index (κ1) is 19.5. The summed E-state index contributed by atoms with van der Waals surface area (Å²) in [5.41, 5.74) is 0.519. The van der Waals surface area contributed by atoms with Gasteiger partial charge in [-0.3, -0.25) is 34.2 Å². The lowest BCUT2D eigenvalue weighted by Crippen LogP contribution is -2.73. The van der Waals surface area contributed by atoms with Crippen LogP contribution in [-0.4, -0.2) is 55.3 Å². The third kappa shape index (κ3) is 3.03. The van der Waals surface area contributed by atoms with E-state index < -0.39 is 46.1 Å². The Kier molecular flexibility index (Phi) is 4.94. The SMILES string of the molecule is C=C(C)C(N1C(=O)C(NC(C)=O)C1SN1C(=O)c2ccccc2C1=O)[N+](=O)[O-]. The second-order valence-electron chi connectivity index (χ2n) is 6.38. The molecule has 0 radical (unpaired) electrons. The molecule has 0 aromatic heterocycles. The number of nitrogens with one attached hydrogen (secondary N) is 1. The van der Waals surface area contributed by atoms with Crippen molar-refractivity contribution in [2.24, 2.45) is 0 Å². The number of nitro groups is 1. The zero-order valence-corrected chi connectivity index (χ0v) is 15.8. The number of nitrogens with zero attached hydrogens (tertiary/aromatic N) is 3. The Morgan fingerprint density at radius 3 is 2.18 bits per heavy atom. The van der Waals surface area contributed by atoms with Crippen LogP contribution in [0.2, 0.25) is 0 Å². The molecule has 146 valence electrons. The quantitative estimate of drug-likeness (QED) is 0.185. The third-order valence-electron chi connectivity index (χ3n) is 4.31. The van der Waals surface area contributed by atoms with Gasteiger partial charge >= 0.3 is 6.17 Å². The van der Waals surface area contributed by atoms with E-state index >= 15 is 0 Å². The van der Waals surface area contributed by atoms with E-state index in [0.29, 0.717) is 11.9 Å². The molecule has 0 aliphatic carbocycles. The second-order valence-corrected chi connectivity index (χ2v) is 7.43. The van der Waals surface area contributed by atoms with E-state index in [-0.39, 0.29) is 16.7 Å². The molecule has 3 unspecified atom stereocenters. The van der Waals surface area contributed by atoms with Crippen LogP contribution in [0.25, 0.3) is 0 Å². The van der Waals surface area contributed by atoms with Crippen molar-refractivity contribution in [2.45, 2.75) is 31.4 Å². The van der Waals surface area contributed by atoms with Gasteiger partial charge in [-0.25, -0.2) is 4.31 Å². The van der Waals surface area contributed by atoms with Crippen molar-refractivity contribution < 1.29 is 24.1 Å². The normalized spacial score (nSPS) is 21.9. The van der Waals surface area contributed by atoms with Crippen LogP contribution >= 0.6 is 11.9 Å².